The van der Waals surface area contributed by atoms with Gasteiger partial charge in [0.15, 0.2) is 5.82 Å². The van der Waals surface area contributed by atoms with Crippen molar-refractivity contribution in [2.45, 2.75) is 15.2 Å². The van der Waals surface area contributed by atoms with Crippen LogP contribution in [0.2, 0.25) is 0 Å². The topological polar surface area (TPSA) is 49.6 Å². The largest absolute Gasteiger partial charge is 0.228 e. The summed E-state index contributed by atoms with van der Waals surface area (Å²) in [5.74, 6) is 0.695. The second-order valence-corrected chi connectivity index (χ2v) is 17.0. The van der Waals surface area contributed by atoms with Crippen LogP contribution in [-0.4, -0.2) is 9.97 Å². The Bertz CT molecular complexity index is 3340. The Balaban J connectivity index is 1.10. The molecule has 2 aliphatic rings. The van der Waals surface area contributed by atoms with Crippen LogP contribution in [-0.2, 0) is 5.41 Å². The van der Waals surface area contributed by atoms with Gasteiger partial charge in [-0.15, -0.1) is 0 Å². The van der Waals surface area contributed by atoms with E-state index in [9.17, 15) is 5.26 Å². The zero-order valence-corrected chi connectivity index (χ0v) is 34.3. The summed E-state index contributed by atoms with van der Waals surface area (Å²) < 4.78 is 0. The molecule has 0 amide bonds. The van der Waals surface area contributed by atoms with E-state index in [1.54, 1.807) is 0 Å². The van der Waals surface area contributed by atoms with E-state index >= 15 is 0 Å². The molecule has 0 saturated carbocycles. The highest BCUT2D eigenvalue weighted by Gasteiger charge is 2.50. The van der Waals surface area contributed by atoms with E-state index < -0.39 is 5.41 Å². The fourth-order valence-corrected chi connectivity index (χ4v) is 11.2. The standard InChI is InChI=1S/C58H35N3S/c59-36-37-26-28-38(29-27-37)42-31-32-45(44-19-8-7-18-43(42)44)48-22-13-25-51-56(48)62-55-33-30-41(34-52(55)58(51)49-23-11-9-20-46(49)47-21-10-12-24-50(47)58)57-60-53(39-14-3-1-4-15-39)35-54(61-57)40-16-5-2-6-17-40/h1-35H. The van der Waals surface area contributed by atoms with Crippen LogP contribution < -0.4 is 0 Å². The zero-order chi connectivity index (χ0) is 41.2. The van der Waals surface area contributed by atoms with Crippen molar-refractivity contribution in [1.29, 1.82) is 5.26 Å². The van der Waals surface area contributed by atoms with E-state index in [2.05, 4.69) is 194 Å². The van der Waals surface area contributed by atoms with E-state index in [1.165, 1.54) is 65.1 Å². The van der Waals surface area contributed by atoms with Crippen molar-refractivity contribution >= 4 is 22.5 Å². The first-order valence-electron chi connectivity index (χ1n) is 20.9. The molecular formula is C58H35N3S. The number of aromatic nitrogens is 2. The minimum Gasteiger partial charge on any atom is -0.228 e. The van der Waals surface area contributed by atoms with E-state index in [4.69, 9.17) is 9.97 Å². The number of nitrogens with zero attached hydrogens (tertiary/aromatic N) is 3. The molecule has 9 aromatic carbocycles. The molecule has 4 heteroatoms. The molecule has 1 aliphatic carbocycles. The lowest BCUT2D eigenvalue weighted by Crippen LogP contribution is -2.32. The first-order chi connectivity index (χ1) is 30.7. The number of rotatable bonds is 5. The number of hydrogen-bond acceptors (Lipinski definition) is 4. The Morgan fingerprint density at radius 3 is 1.56 bits per heavy atom. The molecule has 0 bridgehead atoms. The molecular weight excluding hydrogens is 771 g/mol. The molecule has 0 unspecified atom stereocenters. The van der Waals surface area contributed by atoms with Gasteiger partial charge in [0, 0.05) is 26.5 Å². The fourth-order valence-electron chi connectivity index (χ4n) is 9.88. The van der Waals surface area contributed by atoms with Gasteiger partial charge in [0.25, 0.3) is 0 Å². The molecule has 12 rings (SSSR count). The quantitative estimate of drug-likeness (QED) is 0.174. The van der Waals surface area contributed by atoms with Gasteiger partial charge in [-0.25, -0.2) is 9.97 Å². The third-order valence-corrected chi connectivity index (χ3v) is 13.8. The molecule has 1 aromatic heterocycles. The fraction of sp³-hybridized carbons (Fsp3) is 0.0172. The first kappa shape index (κ1) is 36.0. The Kier molecular flexibility index (Phi) is 8.38. The number of fused-ring (bicyclic) bond motifs is 10. The summed E-state index contributed by atoms with van der Waals surface area (Å²) in [7, 11) is 0. The lowest BCUT2D eigenvalue weighted by atomic mass is 9.66. The van der Waals surface area contributed by atoms with Crippen LogP contribution in [0.15, 0.2) is 222 Å². The molecule has 62 heavy (non-hydrogen) atoms. The molecule has 2 heterocycles. The summed E-state index contributed by atoms with van der Waals surface area (Å²) in [6, 6.07) is 78.0. The molecule has 0 radical (unpaired) electrons. The average molecular weight is 806 g/mol. The smallest absolute Gasteiger partial charge is 0.160 e. The Morgan fingerprint density at radius 2 is 0.919 bits per heavy atom. The third-order valence-electron chi connectivity index (χ3n) is 12.6. The van der Waals surface area contributed by atoms with Crippen molar-refractivity contribution in [2.24, 2.45) is 0 Å². The monoisotopic (exact) mass is 805 g/mol. The number of hydrogen-bond donors (Lipinski definition) is 0. The minimum atomic E-state index is -0.605. The van der Waals surface area contributed by atoms with Crippen LogP contribution in [0.4, 0.5) is 0 Å². The van der Waals surface area contributed by atoms with Gasteiger partial charge in [-0.2, -0.15) is 5.26 Å². The molecule has 10 aromatic rings. The van der Waals surface area contributed by atoms with Gasteiger partial charge in [0.1, 0.15) is 0 Å². The normalized spacial score (nSPS) is 12.9. The zero-order valence-electron chi connectivity index (χ0n) is 33.5. The van der Waals surface area contributed by atoms with Crippen LogP contribution in [0.3, 0.4) is 0 Å². The predicted molar refractivity (Wildman–Crippen MR) is 253 cm³/mol. The van der Waals surface area contributed by atoms with E-state index in [0.717, 1.165) is 39.2 Å². The lowest BCUT2D eigenvalue weighted by Gasteiger charge is -2.40. The minimum absolute atomic E-state index is 0.605. The lowest BCUT2D eigenvalue weighted by molar-refractivity contribution is 0.723. The summed E-state index contributed by atoms with van der Waals surface area (Å²) in [5, 5.41) is 11.9. The molecule has 288 valence electrons. The molecule has 0 saturated heterocycles. The van der Waals surface area contributed by atoms with Crippen molar-refractivity contribution in [3.63, 3.8) is 0 Å². The van der Waals surface area contributed by atoms with Crippen molar-refractivity contribution < 1.29 is 0 Å². The number of benzene rings is 9. The maximum atomic E-state index is 9.48. The van der Waals surface area contributed by atoms with Gasteiger partial charge in [-0.3, -0.25) is 0 Å². The van der Waals surface area contributed by atoms with Crippen molar-refractivity contribution in [3.8, 4) is 73.4 Å². The highest BCUT2D eigenvalue weighted by Crippen LogP contribution is 2.63. The maximum Gasteiger partial charge on any atom is 0.160 e. The molecule has 3 nitrogen and oxygen atoms in total. The summed E-state index contributed by atoms with van der Waals surface area (Å²) in [6.45, 7) is 0. The highest BCUT2D eigenvalue weighted by atomic mass is 32.2. The molecule has 1 aliphatic heterocycles. The Labute approximate surface area is 364 Å². The van der Waals surface area contributed by atoms with Crippen LogP contribution >= 0.6 is 11.8 Å². The van der Waals surface area contributed by atoms with Gasteiger partial charge in [0.2, 0.25) is 0 Å². The van der Waals surface area contributed by atoms with Gasteiger partial charge in [-0.05, 0) is 96.7 Å². The van der Waals surface area contributed by atoms with E-state index in [0.29, 0.717) is 11.4 Å². The van der Waals surface area contributed by atoms with Crippen molar-refractivity contribution in [2.75, 3.05) is 0 Å². The molecule has 0 N–H and O–H groups in total. The van der Waals surface area contributed by atoms with Gasteiger partial charge in [-0.1, -0.05) is 194 Å². The first-order valence-corrected chi connectivity index (χ1v) is 21.7. The molecule has 0 atom stereocenters. The van der Waals surface area contributed by atoms with Gasteiger partial charge >= 0.3 is 0 Å². The molecule has 1 spiro atoms. The summed E-state index contributed by atoms with van der Waals surface area (Å²) in [4.78, 5) is 13.0. The van der Waals surface area contributed by atoms with Crippen molar-refractivity contribution in [3.05, 3.63) is 240 Å². The van der Waals surface area contributed by atoms with Crippen LogP contribution in [0, 0.1) is 11.3 Å². The SMILES string of the molecule is N#Cc1ccc(-c2ccc(-c3cccc4c3Sc3ccc(-c5nc(-c6ccccc6)cc(-c6ccccc6)n5)cc3C43c4ccccc4-c4ccccc43)c3ccccc23)cc1. The van der Waals surface area contributed by atoms with Gasteiger partial charge < -0.3 is 0 Å². The maximum absolute atomic E-state index is 9.48. The Hall–Kier alpha value is -7.84. The van der Waals surface area contributed by atoms with Crippen LogP contribution in [0.25, 0.3) is 78.1 Å². The van der Waals surface area contributed by atoms with Gasteiger partial charge in [0.05, 0.1) is 28.4 Å². The second kappa shape index (κ2) is 14.4. The molecule has 0 fully saturated rings. The number of nitriles is 1. The van der Waals surface area contributed by atoms with E-state index in [1.807, 2.05) is 36.0 Å². The Morgan fingerprint density at radius 1 is 0.387 bits per heavy atom. The van der Waals surface area contributed by atoms with Crippen LogP contribution in [0.5, 0.6) is 0 Å². The van der Waals surface area contributed by atoms with E-state index in [-0.39, 0.29) is 0 Å². The summed E-state index contributed by atoms with van der Waals surface area (Å²) in [5.41, 5.74) is 17.1. The second-order valence-electron chi connectivity index (χ2n) is 15.9. The predicted octanol–water partition coefficient (Wildman–Crippen LogP) is 14.7. The van der Waals surface area contributed by atoms with Crippen LogP contribution in [0.1, 0.15) is 27.8 Å². The highest BCUT2D eigenvalue weighted by molar-refractivity contribution is 7.99. The third kappa shape index (κ3) is 5.53. The average Bonchev–Trinajstić information content (AvgIpc) is 3.64. The van der Waals surface area contributed by atoms with Crippen molar-refractivity contribution in [1.82, 2.24) is 9.97 Å². The summed E-state index contributed by atoms with van der Waals surface area (Å²) >= 11 is 1.86. The summed E-state index contributed by atoms with van der Waals surface area (Å²) in [6.07, 6.45) is 0.